The molecule has 0 saturated heterocycles. The molecule has 31 heavy (non-hydrogen) atoms. The lowest BCUT2D eigenvalue weighted by Crippen LogP contribution is -2.46. The third-order valence-corrected chi connectivity index (χ3v) is 4.46. The molecule has 0 radical (unpaired) electrons. The Hall–Kier alpha value is -2.32. The van der Waals surface area contributed by atoms with E-state index in [1.807, 2.05) is 26.0 Å². The summed E-state index contributed by atoms with van der Waals surface area (Å²) in [7, 11) is 0. The Balaban J connectivity index is 2.53. The molecule has 1 rings (SSSR count). The van der Waals surface area contributed by atoms with E-state index in [4.69, 9.17) is 14.2 Å². The molecule has 8 nitrogen and oxygen atoms in total. The van der Waals surface area contributed by atoms with Crippen molar-refractivity contribution in [1.82, 2.24) is 10.2 Å². The van der Waals surface area contributed by atoms with Crippen LogP contribution < -0.4 is 10.1 Å². The fourth-order valence-electron chi connectivity index (χ4n) is 2.80. The van der Waals surface area contributed by atoms with Gasteiger partial charge in [-0.05, 0) is 44.9 Å². The lowest BCUT2D eigenvalue weighted by atomic mass is 10.1. The molecule has 0 aliphatic rings. The van der Waals surface area contributed by atoms with Gasteiger partial charge in [0.2, 0.25) is 0 Å². The van der Waals surface area contributed by atoms with E-state index in [0.717, 1.165) is 18.4 Å². The minimum Gasteiger partial charge on any atom is -0.492 e. The van der Waals surface area contributed by atoms with Crippen molar-refractivity contribution in [3.63, 3.8) is 0 Å². The monoisotopic (exact) mass is 438 g/mol. The zero-order valence-corrected chi connectivity index (χ0v) is 19.3. The average Bonchev–Trinajstić information content (AvgIpc) is 2.72. The highest BCUT2D eigenvalue weighted by molar-refractivity contribution is 5.74. The average molecular weight is 439 g/mol. The molecule has 0 fully saturated rings. The third-order valence-electron chi connectivity index (χ3n) is 4.46. The maximum absolute atomic E-state index is 12.4. The predicted molar refractivity (Wildman–Crippen MR) is 120 cm³/mol. The molecule has 0 aromatic heterocycles. The van der Waals surface area contributed by atoms with Crippen LogP contribution in [0, 0.1) is 0 Å². The summed E-state index contributed by atoms with van der Waals surface area (Å²) in [6, 6.07) is 7.17. The first kappa shape index (κ1) is 26.7. The van der Waals surface area contributed by atoms with E-state index in [0.29, 0.717) is 51.7 Å². The molecule has 176 valence electrons. The second-order valence-corrected chi connectivity index (χ2v) is 7.54. The maximum atomic E-state index is 12.4. The van der Waals surface area contributed by atoms with Gasteiger partial charge >= 0.3 is 12.0 Å². The molecular formula is C23H38N2O6. The molecule has 1 aromatic rings. The van der Waals surface area contributed by atoms with Crippen molar-refractivity contribution in [3.8, 4) is 5.75 Å². The lowest BCUT2D eigenvalue weighted by Gasteiger charge is -2.24. The molecule has 0 heterocycles. The van der Waals surface area contributed by atoms with Gasteiger partial charge in [0.1, 0.15) is 12.4 Å². The van der Waals surface area contributed by atoms with Crippen LogP contribution in [-0.2, 0) is 20.7 Å². The van der Waals surface area contributed by atoms with Gasteiger partial charge in [-0.15, -0.1) is 0 Å². The molecular weight excluding hydrogens is 400 g/mol. The molecule has 0 bridgehead atoms. The van der Waals surface area contributed by atoms with E-state index >= 15 is 0 Å². The van der Waals surface area contributed by atoms with E-state index in [9.17, 15) is 14.7 Å². The third kappa shape index (κ3) is 11.6. The Morgan fingerprint density at radius 2 is 1.74 bits per heavy atom. The van der Waals surface area contributed by atoms with Crippen molar-refractivity contribution < 1.29 is 28.9 Å². The number of nitrogens with one attached hydrogen (secondary N) is 1. The first-order chi connectivity index (χ1) is 14.9. The molecule has 0 saturated carbocycles. The Kier molecular flexibility index (Phi) is 13.3. The van der Waals surface area contributed by atoms with Gasteiger partial charge in [-0.25, -0.2) is 9.59 Å². The first-order valence-corrected chi connectivity index (χ1v) is 11.1. The van der Waals surface area contributed by atoms with Crippen molar-refractivity contribution in [3.05, 3.63) is 29.8 Å². The number of rotatable bonds is 16. The number of aliphatic carboxylic acids is 1. The standard InChI is InChI=1S/C23H38N2O6/c1-5-7-14-29-15-12-25(23(28)24-18(3)4)13-16-31-20-10-8-19(9-11-20)17-21(22(26)27)30-6-2/h8-11,18,21H,5-7,12-17H2,1-4H3,(H,24,28)(H,26,27). The zero-order valence-electron chi connectivity index (χ0n) is 19.3. The molecule has 8 heteroatoms. The van der Waals surface area contributed by atoms with Crippen molar-refractivity contribution in [2.75, 3.05) is 39.5 Å². The Bertz CT molecular complexity index is 635. The quantitative estimate of drug-likeness (QED) is 0.384. The minimum absolute atomic E-state index is 0.0517. The fourth-order valence-corrected chi connectivity index (χ4v) is 2.80. The summed E-state index contributed by atoms with van der Waals surface area (Å²) in [5, 5.41) is 12.1. The number of hydrogen-bond acceptors (Lipinski definition) is 5. The van der Waals surface area contributed by atoms with Crippen LogP contribution in [0.5, 0.6) is 5.75 Å². The van der Waals surface area contributed by atoms with Crippen molar-refractivity contribution >= 4 is 12.0 Å². The van der Waals surface area contributed by atoms with Gasteiger partial charge in [0.05, 0.1) is 13.2 Å². The van der Waals surface area contributed by atoms with Gasteiger partial charge in [0, 0.05) is 32.2 Å². The van der Waals surface area contributed by atoms with Gasteiger partial charge in [-0.3, -0.25) is 0 Å². The van der Waals surface area contributed by atoms with Crippen molar-refractivity contribution in [2.24, 2.45) is 0 Å². The van der Waals surface area contributed by atoms with Gasteiger partial charge in [0.15, 0.2) is 6.10 Å². The molecule has 0 spiro atoms. The minimum atomic E-state index is -0.972. The smallest absolute Gasteiger partial charge is 0.333 e. The van der Waals surface area contributed by atoms with Crippen LogP contribution in [0.1, 0.15) is 46.1 Å². The lowest BCUT2D eigenvalue weighted by molar-refractivity contribution is -0.149. The first-order valence-electron chi connectivity index (χ1n) is 11.1. The zero-order chi connectivity index (χ0) is 23.1. The maximum Gasteiger partial charge on any atom is 0.333 e. The summed E-state index contributed by atoms with van der Waals surface area (Å²) >= 11 is 0. The molecule has 1 atom stereocenters. The second kappa shape index (κ2) is 15.5. The molecule has 0 aliphatic carbocycles. The summed E-state index contributed by atoms with van der Waals surface area (Å²) in [5.74, 6) is -0.309. The van der Waals surface area contributed by atoms with Crippen LogP contribution in [0.15, 0.2) is 24.3 Å². The number of unbranched alkanes of at least 4 members (excludes halogenated alkanes) is 1. The summed E-state index contributed by atoms with van der Waals surface area (Å²) in [4.78, 5) is 25.3. The van der Waals surface area contributed by atoms with Gasteiger partial charge in [-0.2, -0.15) is 0 Å². The van der Waals surface area contributed by atoms with Gasteiger partial charge < -0.3 is 29.5 Å². The summed E-state index contributed by atoms with van der Waals surface area (Å²) in [6.45, 7) is 10.5. The highest BCUT2D eigenvalue weighted by atomic mass is 16.5. The van der Waals surface area contributed by atoms with Crippen molar-refractivity contribution in [1.29, 1.82) is 0 Å². The highest BCUT2D eigenvalue weighted by Gasteiger charge is 2.18. The highest BCUT2D eigenvalue weighted by Crippen LogP contribution is 2.14. The molecule has 0 aliphatic heterocycles. The number of amides is 2. The van der Waals surface area contributed by atoms with Gasteiger partial charge in [0.25, 0.3) is 0 Å². The number of carbonyl (C=O) groups excluding carboxylic acids is 1. The molecule has 1 unspecified atom stereocenters. The number of carboxylic acid groups (broad SMARTS) is 1. The van der Waals surface area contributed by atoms with Crippen LogP contribution in [0.3, 0.4) is 0 Å². The number of ether oxygens (including phenoxy) is 3. The predicted octanol–water partition coefficient (Wildman–Crippen LogP) is 3.33. The van der Waals surface area contributed by atoms with E-state index in [2.05, 4.69) is 12.2 Å². The summed E-state index contributed by atoms with van der Waals surface area (Å²) < 4.78 is 16.6. The second-order valence-electron chi connectivity index (χ2n) is 7.54. The van der Waals surface area contributed by atoms with Gasteiger partial charge in [-0.1, -0.05) is 25.5 Å². The summed E-state index contributed by atoms with van der Waals surface area (Å²) in [5.41, 5.74) is 0.857. The Labute approximate surface area is 185 Å². The van der Waals surface area contributed by atoms with E-state index in [-0.39, 0.29) is 12.1 Å². The molecule has 2 N–H and O–H groups in total. The van der Waals surface area contributed by atoms with E-state index < -0.39 is 12.1 Å². The van der Waals surface area contributed by atoms with Crippen molar-refractivity contribution in [2.45, 2.75) is 59.1 Å². The number of carbonyl (C=O) groups is 2. The Morgan fingerprint density at radius 1 is 1.06 bits per heavy atom. The van der Waals surface area contributed by atoms with Crippen LogP contribution in [0.2, 0.25) is 0 Å². The molecule has 1 aromatic carbocycles. The normalized spacial score (nSPS) is 11.9. The Morgan fingerprint density at radius 3 is 2.32 bits per heavy atom. The number of benzene rings is 1. The van der Waals surface area contributed by atoms with Crippen LogP contribution in [-0.4, -0.2) is 73.7 Å². The number of carboxylic acids is 1. The SMILES string of the molecule is CCCCOCCN(CCOc1ccc(CC(OCC)C(=O)O)cc1)C(=O)NC(C)C. The van der Waals surface area contributed by atoms with Crippen LogP contribution in [0.4, 0.5) is 4.79 Å². The van der Waals surface area contributed by atoms with E-state index in [1.165, 1.54) is 0 Å². The summed E-state index contributed by atoms with van der Waals surface area (Å²) in [6.07, 6.45) is 1.52. The van der Waals surface area contributed by atoms with Crippen LogP contribution >= 0.6 is 0 Å². The van der Waals surface area contributed by atoms with E-state index in [1.54, 1.807) is 24.0 Å². The van der Waals surface area contributed by atoms with Crippen LogP contribution in [0.25, 0.3) is 0 Å². The number of urea groups is 1. The topological polar surface area (TPSA) is 97.3 Å². The fraction of sp³-hybridized carbons (Fsp3) is 0.652. The number of nitrogens with zero attached hydrogens (tertiary/aromatic N) is 1. The largest absolute Gasteiger partial charge is 0.492 e. The molecule has 2 amide bonds. The number of hydrogen-bond donors (Lipinski definition) is 2.